The molecule has 9 heteroatoms. The summed E-state index contributed by atoms with van der Waals surface area (Å²) in [7, 11) is 0. The maximum absolute atomic E-state index is 11.9. The van der Waals surface area contributed by atoms with Gasteiger partial charge in [-0.15, -0.1) is 0 Å². The van der Waals surface area contributed by atoms with Gasteiger partial charge in [0.2, 0.25) is 5.78 Å². The Morgan fingerprint density at radius 3 is 2.52 bits per heavy atom. The second-order valence-electron chi connectivity index (χ2n) is 5.42. The van der Waals surface area contributed by atoms with Crippen molar-refractivity contribution in [3.8, 4) is 0 Å². The minimum Gasteiger partial charge on any atom is -0.459 e. The van der Waals surface area contributed by atoms with Gasteiger partial charge in [0.1, 0.15) is 27.0 Å². The Kier molecular flexibility index (Phi) is 4.16. The Hall–Kier alpha value is -1.35. The number of fused-ring (bicyclic) bond motifs is 1. The van der Waals surface area contributed by atoms with Crippen LogP contribution in [0.4, 0.5) is 0 Å². The van der Waals surface area contributed by atoms with Crippen molar-refractivity contribution in [2.45, 2.75) is 32.9 Å². The predicted octanol–water partition coefficient (Wildman–Crippen LogP) is 2.10. The molecule has 7 nitrogen and oxygen atoms in total. The zero-order valence-electron chi connectivity index (χ0n) is 11.7. The van der Waals surface area contributed by atoms with E-state index in [-0.39, 0.29) is 12.2 Å². The lowest BCUT2D eigenvalue weighted by molar-refractivity contribution is -0.155. The summed E-state index contributed by atoms with van der Waals surface area (Å²) in [6.07, 6.45) is 1.48. The van der Waals surface area contributed by atoms with E-state index in [1.165, 1.54) is 15.2 Å². The average Bonchev–Trinajstić information content (AvgIpc) is 2.77. The summed E-state index contributed by atoms with van der Waals surface area (Å²) >= 11 is 6.57. The van der Waals surface area contributed by atoms with Crippen molar-refractivity contribution < 1.29 is 14.3 Å². The highest BCUT2D eigenvalue weighted by Gasteiger charge is 2.22. The first-order chi connectivity index (χ1) is 9.60. The van der Waals surface area contributed by atoms with Gasteiger partial charge >= 0.3 is 5.97 Å². The smallest absolute Gasteiger partial charge is 0.326 e. The van der Waals surface area contributed by atoms with Crippen LogP contribution in [0.1, 0.15) is 31.3 Å². The summed E-state index contributed by atoms with van der Waals surface area (Å²) in [5.41, 5.74) is 4.99. The third kappa shape index (κ3) is 3.29. The maximum Gasteiger partial charge on any atom is 0.326 e. The number of carbonyl (C=O) groups excluding carboxylic acids is 2. The fourth-order valence-corrected chi connectivity index (χ4v) is 2.61. The van der Waals surface area contributed by atoms with Gasteiger partial charge in [-0.1, -0.05) is 0 Å². The molecule has 0 fully saturated rings. The van der Waals surface area contributed by atoms with Gasteiger partial charge in [-0.05, 0) is 52.6 Å². The molecule has 21 heavy (non-hydrogen) atoms. The molecule has 0 aliphatic heterocycles. The van der Waals surface area contributed by atoms with Gasteiger partial charge in [0, 0.05) is 6.20 Å². The molecule has 1 amide bonds. The van der Waals surface area contributed by atoms with Gasteiger partial charge in [-0.25, -0.2) is 4.98 Å². The van der Waals surface area contributed by atoms with Gasteiger partial charge in [0.25, 0.3) is 5.91 Å². The number of halogens is 2. The number of hydrogen-bond donors (Lipinski definition) is 1. The van der Waals surface area contributed by atoms with Crippen LogP contribution in [0.15, 0.2) is 15.4 Å². The largest absolute Gasteiger partial charge is 0.459 e. The average molecular weight is 422 g/mol. The molecule has 0 aromatic carbocycles. The molecule has 0 unspecified atom stereocenters. The topological polar surface area (TPSA) is 91.6 Å². The van der Waals surface area contributed by atoms with Gasteiger partial charge in [-0.3, -0.25) is 14.0 Å². The lowest BCUT2D eigenvalue weighted by atomic mass is 10.2. The molecule has 0 radical (unpaired) electrons. The van der Waals surface area contributed by atoms with Crippen molar-refractivity contribution in [2.24, 2.45) is 5.73 Å². The number of aromatic nitrogens is 3. The van der Waals surface area contributed by atoms with Crippen molar-refractivity contribution in [3.05, 3.63) is 21.1 Å². The highest BCUT2D eigenvalue weighted by molar-refractivity contribution is 9.13. The lowest BCUT2D eigenvalue weighted by Crippen LogP contribution is -2.26. The van der Waals surface area contributed by atoms with Crippen LogP contribution in [-0.4, -0.2) is 31.4 Å². The molecule has 2 aromatic rings. The number of ether oxygens (including phenoxy) is 1. The number of nitrogens with two attached hydrogens (primary N) is 1. The highest BCUT2D eigenvalue weighted by Crippen LogP contribution is 2.26. The monoisotopic (exact) mass is 420 g/mol. The molecule has 0 spiro atoms. The van der Waals surface area contributed by atoms with Gasteiger partial charge in [0.15, 0.2) is 0 Å². The van der Waals surface area contributed by atoms with Gasteiger partial charge < -0.3 is 15.0 Å². The van der Waals surface area contributed by atoms with E-state index in [2.05, 4.69) is 36.8 Å². The minimum atomic E-state index is -0.617. The van der Waals surface area contributed by atoms with Crippen molar-refractivity contribution in [1.29, 1.82) is 0 Å². The van der Waals surface area contributed by atoms with Gasteiger partial charge in [0.05, 0.1) is 0 Å². The third-order valence-corrected chi connectivity index (χ3v) is 4.33. The van der Waals surface area contributed by atoms with E-state index in [4.69, 9.17) is 10.5 Å². The second kappa shape index (κ2) is 5.45. The van der Waals surface area contributed by atoms with Crippen LogP contribution in [0.25, 0.3) is 5.78 Å². The number of nitrogens with zero attached hydrogens (tertiary/aromatic N) is 3. The summed E-state index contributed by atoms with van der Waals surface area (Å²) in [5, 5.41) is 0. The maximum atomic E-state index is 11.9. The van der Waals surface area contributed by atoms with Crippen LogP contribution in [0.5, 0.6) is 0 Å². The molecule has 0 saturated carbocycles. The third-order valence-electron chi connectivity index (χ3n) is 2.51. The Labute approximate surface area is 137 Å². The molecule has 2 N–H and O–H groups in total. The van der Waals surface area contributed by atoms with Crippen molar-refractivity contribution in [3.63, 3.8) is 0 Å². The Bertz CT molecular complexity index is 727. The first kappa shape index (κ1) is 16.0. The van der Waals surface area contributed by atoms with Crippen LogP contribution in [0, 0.1) is 0 Å². The van der Waals surface area contributed by atoms with E-state index in [1.807, 2.05) is 0 Å². The van der Waals surface area contributed by atoms with E-state index < -0.39 is 17.5 Å². The SMILES string of the molecule is CC(C)(C)OC(=O)Cn1cc(C(N)=O)n2c(Br)c(Br)nc12. The highest BCUT2D eigenvalue weighted by atomic mass is 79.9. The Balaban J connectivity index is 2.43. The summed E-state index contributed by atoms with van der Waals surface area (Å²) in [6, 6.07) is 0. The van der Waals surface area contributed by atoms with E-state index in [0.29, 0.717) is 15.0 Å². The molecule has 0 aliphatic rings. The number of rotatable bonds is 3. The number of imidazole rings is 2. The van der Waals surface area contributed by atoms with Crippen molar-refractivity contribution in [2.75, 3.05) is 0 Å². The molecular formula is C12H14Br2N4O3. The zero-order valence-corrected chi connectivity index (χ0v) is 14.9. The number of carbonyl (C=O) groups is 2. The van der Waals surface area contributed by atoms with Crippen LogP contribution in [0.3, 0.4) is 0 Å². The number of primary amides is 1. The standard InChI is InChI=1S/C12H14Br2N4O3/c1-12(2,3)21-7(19)5-17-4-6(10(15)20)18-9(14)8(13)16-11(17)18/h4H,5H2,1-3H3,(H2,15,20). The Morgan fingerprint density at radius 1 is 1.38 bits per heavy atom. The molecule has 2 rings (SSSR count). The Morgan fingerprint density at radius 2 is 2.00 bits per heavy atom. The number of amides is 1. The first-order valence-corrected chi connectivity index (χ1v) is 7.63. The summed E-state index contributed by atoms with van der Waals surface area (Å²) < 4.78 is 9.37. The van der Waals surface area contributed by atoms with Gasteiger partial charge in [-0.2, -0.15) is 0 Å². The van der Waals surface area contributed by atoms with Crippen LogP contribution < -0.4 is 5.73 Å². The zero-order chi connectivity index (χ0) is 15.9. The molecule has 0 saturated heterocycles. The molecule has 2 aromatic heterocycles. The lowest BCUT2D eigenvalue weighted by Gasteiger charge is -2.19. The molecular weight excluding hydrogens is 408 g/mol. The second-order valence-corrected chi connectivity index (χ2v) is 6.92. The van der Waals surface area contributed by atoms with E-state index >= 15 is 0 Å². The van der Waals surface area contributed by atoms with Crippen molar-refractivity contribution in [1.82, 2.24) is 14.0 Å². The predicted molar refractivity (Wildman–Crippen MR) is 82.9 cm³/mol. The molecule has 2 heterocycles. The minimum absolute atomic E-state index is 0.0655. The molecule has 114 valence electrons. The van der Waals surface area contributed by atoms with Crippen molar-refractivity contribution >= 4 is 49.5 Å². The van der Waals surface area contributed by atoms with Crippen LogP contribution in [-0.2, 0) is 16.1 Å². The molecule has 0 bridgehead atoms. The fourth-order valence-electron chi connectivity index (χ4n) is 1.84. The van der Waals surface area contributed by atoms with Crippen LogP contribution >= 0.6 is 31.9 Å². The molecule has 0 atom stereocenters. The van der Waals surface area contributed by atoms with E-state index in [0.717, 1.165) is 0 Å². The van der Waals surface area contributed by atoms with Crippen LogP contribution in [0.2, 0.25) is 0 Å². The van der Waals surface area contributed by atoms with E-state index in [1.54, 1.807) is 20.8 Å². The molecule has 0 aliphatic carbocycles. The fraction of sp³-hybridized carbons (Fsp3) is 0.417. The number of esters is 1. The summed E-state index contributed by atoms with van der Waals surface area (Å²) in [6.45, 7) is 5.29. The number of hydrogen-bond acceptors (Lipinski definition) is 4. The van der Waals surface area contributed by atoms with E-state index in [9.17, 15) is 9.59 Å². The quantitative estimate of drug-likeness (QED) is 0.768. The normalized spacial score (nSPS) is 11.9. The summed E-state index contributed by atoms with van der Waals surface area (Å²) in [4.78, 5) is 27.7. The first-order valence-electron chi connectivity index (χ1n) is 6.04. The summed E-state index contributed by atoms with van der Waals surface area (Å²) in [5.74, 6) is -0.631.